The number of amides is 2. The molecule has 1 aliphatic heterocycles. The van der Waals surface area contributed by atoms with Crippen LogP contribution in [-0.2, 0) is 0 Å². The quantitative estimate of drug-likeness (QED) is 0.514. The van der Waals surface area contributed by atoms with Crippen LogP contribution in [0.5, 0.6) is 0 Å². The van der Waals surface area contributed by atoms with Gasteiger partial charge in [0.1, 0.15) is 0 Å². The van der Waals surface area contributed by atoms with Gasteiger partial charge in [-0.05, 0) is 69.0 Å². The molecule has 1 heterocycles. The van der Waals surface area contributed by atoms with Gasteiger partial charge in [-0.25, -0.2) is 0 Å². The lowest BCUT2D eigenvalue weighted by Crippen LogP contribution is -2.33. The number of carbonyl (C=O) groups excluding carboxylic acids is 2. The van der Waals surface area contributed by atoms with Crippen molar-refractivity contribution in [3.8, 4) is 0 Å². The van der Waals surface area contributed by atoms with Crippen LogP contribution in [0.1, 0.15) is 64.1 Å². The van der Waals surface area contributed by atoms with Crippen LogP contribution in [0.4, 0.5) is 11.4 Å². The van der Waals surface area contributed by atoms with Crippen molar-refractivity contribution in [3.63, 3.8) is 0 Å². The Bertz CT molecular complexity index is 1100. The maximum atomic E-state index is 13.4. The van der Waals surface area contributed by atoms with Crippen LogP contribution in [0.3, 0.4) is 0 Å². The van der Waals surface area contributed by atoms with Crippen molar-refractivity contribution in [1.29, 1.82) is 0 Å². The van der Waals surface area contributed by atoms with E-state index in [1.54, 1.807) is 6.07 Å². The van der Waals surface area contributed by atoms with Crippen LogP contribution >= 0.6 is 0 Å². The largest absolute Gasteiger partial charge is 0.371 e. The maximum Gasteiger partial charge on any atom is 0.255 e. The van der Waals surface area contributed by atoms with Gasteiger partial charge in [-0.15, -0.1) is 0 Å². The Morgan fingerprint density at radius 1 is 0.848 bits per heavy atom. The van der Waals surface area contributed by atoms with Crippen LogP contribution in [0.2, 0.25) is 0 Å². The molecule has 4 rings (SSSR count). The topological polar surface area (TPSA) is 61.4 Å². The molecule has 1 fully saturated rings. The van der Waals surface area contributed by atoms with E-state index in [0.717, 1.165) is 42.7 Å². The highest BCUT2D eigenvalue weighted by Crippen LogP contribution is 2.28. The van der Waals surface area contributed by atoms with Gasteiger partial charge < -0.3 is 15.5 Å². The molecule has 0 spiro atoms. The number of rotatable bonds is 6. The number of carbonyl (C=O) groups is 2. The number of hydrogen-bond acceptors (Lipinski definition) is 3. The predicted octanol–water partition coefficient (Wildman–Crippen LogP) is 5.73. The van der Waals surface area contributed by atoms with Gasteiger partial charge in [-0.3, -0.25) is 9.59 Å². The van der Waals surface area contributed by atoms with Gasteiger partial charge in [-0.2, -0.15) is 0 Å². The molecule has 33 heavy (non-hydrogen) atoms. The fourth-order valence-corrected chi connectivity index (χ4v) is 4.21. The number of nitrogens with one attached hydrogen (secondary N) is 2. The van der Waals surface area contributed by atoms with Crippen molar-refractivity contribution >= 4 is 23.2 Å². The number of hydrogen-bond donors (Lipinski definition) is 2. The monoisotopic (exact) mass is 441 g/mol. The number of benzene rings is 3. The molecule has 0 radical (unpaired) electrons. The average Bonchev–Trinajstić information content (AvgIpc) is 2.85. The Morgan fingerprint density at radius 3 is 2.24 bits per heavy atom. The van der Waals surface area contributed by atoms with Crippen LogP contribution in [0.15, 0.2) is 72.8 Å². The standard InChI is InChI=1S/C28H31N3O2/c1-20-11-13-23(14-12-20)27(32)30-24-15-16-26(31-17-7-4-8-18-31)25(19-24)28(33)29-21(2)22-9-5-3-6-10-22/h3,5-6,9-16,19,21H,4,7-8,17-18H2,1-2H3,(H,29,33)(H,30,32). The summed E-state index contributed by atoms with van der Waals surface area (Å²) in [4.78, 5) is 28.4. The van der Waals surface area contributed by atoms with Crippen molar-refractivity contribution in [2.75, 3.05) is 23.3 Å². The van der Waals surface area contributed by atoms with Gasteiger partial charge in [0.15, 0.2) is 0 Å². The number of piperidine rings is 1. The highest BCUT2D eigenvalue weighted by atomic mass is 16.2. The van der Waals surface area contributed by atoms with Crippen LogP contribution in [0, 0.1) is 6.92 Å². The molecule has 1 aliphatic rings. The Labute approximate surface area is 195 Å². The van der Waals surface area contributed by atoms with Crippen molar-refractivity contribution in [3.05, 3.63) is 95.1 Å². The smallest absolute Gasteiger partial charge is 0.255 e. The second kappa shape index (κ2) is 10.3. The van der Waals surface area contributed by atoms with Crippen LogP contribution in [-0.4, -0.2) is 24.9 Å². The van der Waals surface area contributed by atoms with Gasteiger partial charge in [0.05, 0.1) is 11.6 Å². The molecule has 0 bridgehead atoms. The lowest BCUT2D eigenvalue weighted by atomic mass is 10.0. The first-order chi connectivity index (χ1) is 16.0. The molecule has 170 valence electrons. The summed E-state index contributed by atoms with van der Waals surface area (Å²) in [5.41, 5.74) is 4.85. The van der Waals surface area contributed by atoms with Gasteiger partial charge in [0.25, 0.3) is 11.8 Å². The van der Waals surface area contributed by atoms with E-state index < -0.39 is 0 Å². The highest BCUT2D eigenvalue weighted by Gasteiger charge is 2.21. The SMILES string of the molecule is Cc1ccc(C(=O)Nc2ccc(N3CCCCC3)c(C(=O)NC(C)c3ccccc3)c2)cc1. The van der Waals surface area contributed by atoms with E-state index >= 15 is 0 Å². The second-order valence-electron chi connectivity index (χ2n) is 8.71. The molecule has 1 saturated heterocycles. The Hall–Kier alpha value is -3.60. The molecule has 1 unspecified atom stereocenters. The van der Waals surface area contributed by atoms with Crippen molar-refractivity contribution < 1.29 is 9.59 Å². The minimum atomic E-state index is -0.190. The maximum absolute atomic E-state index is 13.4. The van der Waals surface area contributed by atoms with Crippen molar-refractivity contribution in [2.45, 2.75) is 39.2 Å². The summed E-state index contributed by atoms with van der Waals surface area (Å²) < 4.78 is 0. The van der Waals surface area contributed by atoms with Gasteiger partial charge >= 0.3 is 0 Å². The molecule has 2 N–H and O–H groups in total. The molecule has 2 amide bonds. The molecular weight excluding hydrogens is 410 g/mol. The highest BCUT2D eigenvalue weighted by molar-refractivity contribution is 6.06. The van der Waals surface area contributed by atoms with E-state index in [-0.39, 0.29) is 17.9 Å². The van der Waals surface area contributed by atoms with Crippen LogP contribution in [0.25, 0.3) is 0 Å². The second-order valence-corrected chi connectivity index (χ2v) is 8.71. The normalized spacial score (nSPS) is 14.4. The molecular formula is C28H31N3O2. The van der Waals surface area contributed by atoms with E-state index in [9.17, 15) is 9.59 Å². The summed E-state index contributed by atoms with van der Waals surface area (Å²) in [7, 11) is 0. The minimum absolute atomic E-state index is 0.126. The summed E-state index contributed by atoms with van der Waals surface area (Å²) in [5, 5.41) is 6.08. The predicted molar refractivity (Wildman–Crippen MR) is 134 cm³/mol. The third-order valence-corrected chi connectivity index (χ3v) is 6.16. The molecule has 1 atom stereocenters. The Balaban J connectivity index is 1.59. The fourth-order valence-electron chi connectivity index (χ4n) is 4.21. The van der Waals surface area contributed by atoms with Gasteiger partial charge in [0, 0.05) is 30.0 Å². The summed E-state index contributed by atoms with van der Waals surface area (Å²) in [6, 6.07) is 22.9. The first-order valence-corrected chi connectivity index (χ1v) is 11.6. The molecule has 0 aliphatic carbocycles. The molecule has 5 heteroatoms. The van der Waals surface area contributed by atoms with Gasteiger partial charge in [0.2, 0.25) is 0 Å². The Morgan fingerprint density at radius 2 is 1.55 bits per heavy atom. The molecule has 0 aromatic heterocycles. The first-order valence-electron chi connectivity index (χ1n) is 11.6. The zero-order valence-electron chi connectivity index (χ0n) is 19.3. The Kier molecular flexibility index (Phi) is 7.08. The summed E-state index contributed by atoms with van der Waals surface area (Å²) in [6.07, 6.45) is 3.45. The van der Waals surface area contributed by atoms with E-state index in [2.05, 4.69) is 15.5 Å². The summed E-state index contributed by atoms with van der Waals surface area (Å²) in [6.45, 7) is 5.84. The van der Waals surface area contributed by atoms with Crippen molar-refractivity contribution in [1.82, 2.24) is 5.32 Å². The van der Waals surface area contributed by atoms with E-state index in [0.29, 0.717) is 16.8 Å². The molecule has 5 nitrogen and oxygen atoms in total. The van der Waals surface area contributed by atoms with Crippen LogP contribution < -0.4 is 15.5 Å². The molecule has 0 saturated carbocycles. The van der Waals surface area contributed by atoms with Crippen molar-refractivity contribution in [2.24, 2.45) is 0 Å². The molecule has 3 aromatic rings. The van der Waals surface area contributed by atoms with Gasteiger partial charge in [-0.1, -0.05) is 48.0 Å². The zero-order valence-corrected chi connectivity index (χ0v) is 19.3. The number of nitrogens with zero attached hydrogens (tertiary/aromatic N) is 1. The fraction of sp³-hybridized carbons (Fsp3) is 0.286. The molecule has 3 aromatic carbocycles. The lowest BCUT2D eigenvalue weighted by molar-refractivity contribution is 0.0939. The third kappa shape index (κ3) is 5.61. The minimum Gasteiger partial charge on any atom is -0.371 e. The summed E-state index contributed by atoms with van der Waals surface area (Å²) in [5.74, 6) is -0.330. The van der Waals surface area contributed by atoms with E-state index in [1.165, 1.54) is 6.42 Å². The lowest BCUT2D eigenvalue weighted by Gasteiger charge is -2.31. The number of aryl methyl sites for hydroxylation is 1. The van der Waals surface area contributed by atoms with E-state index in [1.807, 2.05) is 80.6 Å². The average molecular weight is 442 g/mol. The summed E-state index contributed by atoms with van der Waals surface area (Å²) >= 11 is 0. The number of anilines is 2. The third-order valence-electron chi connectivity index (χ3n) is 6.16. The van der Waals surface area contributed by atoms with E-state index in [4.69, 9.17) is 0 Å². The zero-order chi connectivity index (χ0) is 23.2. The first kappa shape index (κ1) is 22.6.